The molecular formula is C14H16N2. The van der Waals surface area contributed by atoms with Gasteiger partial charge < -0.3 is 5.73 Å². The highest BCUT2D eigenvalue weighted by molar-refractivity contribution is 5.72. The van der Waals surface area contributed by atoms with Crippen LogP contribution < -0.4 is 5.73 Å². The predicted molar refractivity (Wildman–Crippen MR) is 68.2 cm³/mol. The van der Waals surface area contributed by atoms with Crippen LogP contribution in [0.4, 0.5) is 5.69 Å². The van der Waals surface area contributed by atoms with E-state index in [1.165, 1.54) is 5.56 Å². The number of hydrogen-bond donors (Lipinski definition) is 1. The summed E-state index contributed by atoms with van der Waals surface area (Å²) in [5, 5.41) is 0. The molecule has 0 radical (unpaired) electrons. The summed E-state index contributed by atoms with van der Waals surface area (Å²) < 4.78 is 0. The summed E-state index contributed by atoms with van der Waals surface area (Å²) in [5.74, 6) is 0. The van der Waals surface area contributed by atoms with Crippen LogP contribution in [0.1, 0.15) is 18.1 Å². The number of hydrogen-bond acceptors (Lipinski definition) is 2. The van der Waals surface area contributed by atoms with E-state index in [1.807, 2.05) is 19.2 Å². The van der Waals surface area contributed by atoms with Crippen LogP contribution in [0.5, 0.6) is 0 Å². The van der Waals surface area contributed by atoms with Crippen LogP contribution in [-0.4, -0.2) is 4.98 Å². The molecule has 0 fully saturated rings. The number of benzene rings is 1. The topological polar surface area (TPSA) is 38.9 Å². The van der Waals surface area contributed by atoms with Crippen LogP contribution in [0.2, 0.25) is 0 Å². The number of nitrogens with two attached hydrogens (primary N) is 1. The molecule has 0 aliphatic carbocycles. The van der Waals surface area contributed by atoms with Gasteiger partial charge in [0, 0.05) is 11.8 Å². The Morgan fingerprint density at radius 3 is 2.44 bits per heavy atom. The maximum Gasteiger partial charge on any atom is 0.0931 e. The fourth-order valence-electron chi connectivity index (χ4n) is 1.73. The van der Waals surface area contributed by atoms with Gasteiger partial charge in [0.15, 0.2) is 0 Å². The van der Waals surface area contributed by atoms with E-state index < -0.39 is 0 Å². The third kappa shape index (κ3) is 2.06. The average molecular weight is 212 g/mol. The van der Waals surface area contributed by atoms with Crippen molar-refractivity contribution in [1.29, 1.82) is 0 Å². The van der Waals surface area contributed by atoms with Crippen LogP contribution >= 0.6 is 0 Å². The zero-order valence-electron chi connectivity index (χ0n) is 9.70. The van der Waals surface area contributed by atoms with E-state index in [1.54, 1.807) is 0 Å². The SMILES string of the molecule is CCc1ccc(-c2ncc(C)cc2N)cc1. The Bertz CT molecular complexity index is 487. The number of rotatable bonds is 2. The molecule has 0 aliphatic rings. The van der Waals surface area contributed by atoms with E-state index in [-0.39, 0.29) is 0 Å². The number of aromatic nitrogens is 1. The maximum absolute atomic E-state index is 5.96. The number of nitrogens with zero attached hydrogens (tertiary/aromatic N) is 1. The highest BCUT2D eigenvalue weighted by Crippen LogP contribution is 2.24. The zero-order valence-corrected chi connectivity index (χ0v) is 9.70. The van der Waals surface area contributed by atoms with E-state index in [9.17, 15) is 0 Å². The van der Waals surface area contributed by atoms with Crippen LogP contribution in [0.15, 0.2) is 36.5 Å². The Hall–Kier alpha value is -1.83. The number of anilines is 1. The third-order valence-electron chi connectivity index (χ3n) is 2.69. The summed E-state index contributed by atoms with van der Waals surface area (Å²) in [6.07, 6.45) is 2.90. The third-order valence-corrected chi connectivity index (χ3v) is 2.69. The lowest BCUT2D eigenvalue weighted by Crippen LogP contribution is -1.94. The summed E-state index contributed by atoms with van der Waals surface area (Å²) in [6, 6.07) is 10.3. The van der Waals surface area contributed by atoms with Gasteiger partial charge in [0.1, 0.15) is 0 Å². The Kier molecular flexibility index (Phi) is 2.91. The van der Waals surface area contributed by atoms with Crippen LogP contribution in [0.25, 0.3) is 11.3 Å². The first kappa shape index (κ1) is 10.7. The summed E-state index contributed by atoms with van der Waals surface area (Å²) >= 11 is 0. The molecule has 1 aromatic carbocycles. The van der Waals surface area contributed by atoms with Crippen molar-refractivity contribution >= 4 is 5.69 Å². The highest BCUT2D eigenvalue weighted by Gasteiger charge is 2.03. The molecule has 0 aliphatic heterocycles. The molecule has 0 unspecified atom stereocenters. The Morgan fingerprint density at radius 1 is 1.19 bits per heavy atom. The Balaban J connectivity index is 2.42. The van der Waals surface area contributed by atoms with Crippen LogP contribution in [-0.2, 0) is 6.42 Å². The number of nitrogen functional groups attached to an aromatic ring is 1. The quantitative estimate of drug-likeness (QED) is 0.830. The molecule has 1 heterocycles. The molecule has 0 saturated heterocycles. The van der Waals surface area contributed by atoms with Gasteiger partial charge in [0.05, 0.1) is 11.4 Å². The highest BCUT2D eigenvalue weighted by atomic mass is 14.7. The Morgan fingerprint density at radius 2 is 1.88 bits per heavy atom. The van der Waals surface area contributed by atoms with E-state index in [0.29, 0.717) is 0 Å². The van der Waals surface area contributed by atoms with E-state index in [0.717, 1.165) is 28.9 Å². The molecule has 0 saturated carbocycles. The first-order valence-corrected chi connectivity index (χ1v) is 5.52. The standard InChI is InChI=1S/C14H16N2/c1-3-11-4-6-12(7-5-11)14-13(15)8-10(2)9-16-14/h4-9H,3,15H2,1-2H3. The molecule has 16 heavy (non-hydrogen) atoms. The predicted octanol–water partition coefficient (Wildman–Crippen LogP) is 3.20. The molecular weight excluding hydrogens is 196 g/mol. The van der Waals surface area contributed by atoms with Crippen LogP contribution in [0, 0.1) is 6.92 Å². The smallest absolute Gasteiger partial charge is 0.0931 e. The van der Waals surface area contributed by atoms with Crippen LogP contribution in [0.3, 0.4) is 0 Å². The van der Waals surface area contributed by atoms with Crippen molar-refractivity contribution < 1.29 is 0 Å². The van der Waals surface area contributed by atoms with Crippen molar-refractivity contribution in [2.24, 2.45) is 0 Å². The summed E-state index contributed by atoms with van der Waals surface area (Å²) in [6.45, 7) is 4.14. The summed E-state index contributed by atoms with van der Waals surface area (Å²) in [5.41, 5.74) is 11.1. The minimum absolute atomic E-state index is 0.740. The zero-order chi connectivity index (χ0) is 11.5. The lowest BCUT2D eigenvalue weighted by atomic mass is 10.1. The minimum Gasteiger partial charge on any atom is -0.397 e. The van der Waals surface area contributed by atoms with E-state index >= 15 is 0 Å². The van der Waals surface area contributed by atoms with Gasteiger partial charge >= 0.3 is 0 Å². The van der Waals surface area contributed by atoms with Crippen molar-refractivity contribution in [3.8, 4) is 11.3 Å². The summed E-state index contributed by atoms with van der Waals surface area (Å²) in [7, 11) is 0. The van der Waals surface area contributed by atoms with Crippen molar-refractivity contribution in [3.05, 3.63) is 47.7 Å². The van der Waals surface area contributed by atoms with Gasteiger partial charge in [-0.1, -0.05) is 31.2 Å². The van der Waals surface area contributed by atoms with Gasteiger partial charge in [-0.25, -0.2) is 0 Å². The minimum atomic E-state index is 0.740. The normalized spacial score (nSPS) is 10.4. The van der Waals surface area contributed by atoms with Gasteiger partial charge in [0.25, 0.3) is 0 Å². The molecule has 2 aromatic rings. The van der Waals surface area contributed by atoms with Gasteiger partial charge in [0.2, 0.25) is 0 Å². The second-order valence-electron chi connectivity index (χ2n) is 4.00. The Labute approximate surface area is 96.1 Å². The van der Waals surface area contributed by atoms with Crippen molar-refractivity contribution in [2.45, 2.75) is 20.3 Å². The summed E-state index contributed by atoms with van der Waals surface area (Å²) in [4.78, 5) is 4.38. The molecule has 1 aromatic heterocycles. The van der Waals surface area contributed by atoms with E-state index in [4.69, 9.17) is 5.73 Å². The van der Waals surface area contributed by atoms with Crippen molar-refractivity contribution in [2.75, 3.05) is 5.73 Å². The van der Waals surface area contributed by atoms with Gasteiger partial charge in [-0.05, 0) is 30.5 Å². The fraction of sp³-hybridized carbons (Fsp3) is 0.214. The lowest BCUT2D eigenvalue weighted by Gasteiger charge is -2.06. The van der Waals surface area contributed by atoms with Gasteiger partial charge in [-0.15, -0.1) is 0 Å². The molecule has 0 atom stereocenters. The molecule has 2 rings (SSSR count). The van der Waals surface area contributed by atoms with Crippen molar-refractivity contribution in [3.63, 3.8) is 0 Å². The van der Waals surface area contributed by atoms with Gasteiger partial charge in [-0.2, -0.15) is 0 Å². The molecule has 0 spiro atoms. The molecule has 82 valence electrons. The molecule has 0 bridgehead atoms. The number of pyridine rings is 1. The average Bonchev–Trinajstić information content (AvgIpc) is 2.29. The second kappa shape index (κ2) is 4.35. The van der Waals surface area contributed by atoms with E-state index in [2.05, 4.69) is 36.2 Å². The monoisotopic (exact) mass is 212 g/mol. The molecule has 2 heteroatoms. The largest absolute Gasteiger partial charge is 0.397 e. The fourth-order valence-corrected chi connectivity index (χ4v) is 1.73. The maximum atomic E-state index is 5.96. The molecule has 2 nitrogen and oxygen atoms in total. The molecule has 2 N–H and O–H groups in total. The first-order valence-electron chi connectivity index (χ1n) is 5.52. The van der Waals surface area contributed by atoms with Crippen molar-refractivity contribution in [1.82, 2.24) is 4.98 Å². The lowest BCUT2D eigenvalue weighted by molar-refractivity contribution is 1.14. The molecule has 0 amide bonds. The number of aryl methyl sites for hydroxylation is 2. The second-order valence-corrected chi connectivity index (χ2v) is 4.00. The first-order chi connectivity index (χ1) is 7.70. The van der Waals surface area contributed by atoms with Gasteiger partial charge in [-0.3, -0.25) is 4.98 Å².